The molecule has 18 heavy (non-hydrogen) atoms. The molecule has 0 unspecified atom stereocenters. The molecular weight excluding hydrogens is 254 g/mol. The Bertz CT molecular complexity index is 504. The molecule has 1 aromatic rings. The van der Waals surface area contributed by atoms with E-state index in [1.807, 2.05) is 0 Å². The van der Waals surface area contributed by atoms with Gasteiger partial charge in [-0.15, -0.1) is 0 Å². The van der Waals surface area contributed by atoms with Crippen LogP contribution in [0.15, 0.2) is 6.20 Å². The van der Waals surface area contributed by atoms with Crippen LogP contribution in [-0.2, 0) is 23.8 Å². The number of hydrogen-bond acceptors (Lipinski definition) is 4. The summed E-state index contributed by atoms with van der Waals surface area (Å²) in [6.45, 7) is 1.37. The van der Waals surface area contributed by atoms with E-state index in [0.29, 0.717) is 24.5 Å². The van der Waals surface area contributed by atoms with E-state index in [-0.39, 0.29) is 6.54 Å². The fraction of sp³-hybridized carbons (Fsp3) is 0.700. The van der Waals surface area contributed by atoms with Crippen LogP contribution in [0.4, 0.5) is 5.82 Å². The molecule has 0 aromatic carbocycles. The predicted octanol–water partition coefficient (Wildman–Crippen LogP) is -0.177. The van der Waals surface area contributed by atoms with Crippen LogP contribution in [0.25, 0.3) is 0 Å². The average molecular weight is 273 g/mol. The van der Waals surface area contributed by atoms with Gasteiger partial charge >= 0.3 is 0 Å². The van der Waals surface area contributed by atoms with Gasteiger partial charge in [0.15, 0.2) is 0 Å². The highest BCUT2D eigenvalue weighted by atomic mass is 32.2. The van der Waals surface area contributed by atoms with Crippen molar-refractivity contribution in [2.45, 2.75) is 25.8 Å². The predicted molar refractivity (Wildman–Crippen MR) is 68.8 cm³/mol. The first-order valence-corrected chi connectivity index (χ1v) is 7.46. The molecule has 3 N–H and O–H groups in total. The van der Waals surface area contributed by atoms with E-state index in [1.54, 1.807) is 13.2 Å². The van der Waals surface area contributed by atoms with Crippen molar-refractivity contribution in [3.63, 3.8) is 0 Å². The zero-order chi connectivity index (χ0) is 13.2. The van der Waals surface area contributed by atoms with Crippen LogP contribution in [-0.4, -0.2) is 35.6 Å². The minimum atomic E-state index is -3.40. The van der Waals surface area contributed by atoms with Gasteiger partial charge in [0, 0.05) is 32.2 Å². The van der Waals surface area contributed by atoms with E-state index in [2.05, 4.69) is 9.82 Å². The summed E-state index contributed by atoms with van der Waals surface area (Å²) >= 11 is 0. The second-order valence-electron chi connectivity index (χ2n) is 4.46. The van der Waals surface area contributed by atoms with E-state index in [1.165, 1.54) is 8.99 Å². The van der Waals surface area contributed by atoms with Crippen molar-refractivity contribution in [2.75, 3.05) is 18.8 Å². The molecule has 0 aliphatic carbocycles. The van der Waals surface area contributed by atoms with E-state index in [9.17, 15) is 8.42 Å². The lowest BCUT2D eigenvalue weighted by Gasteiger charge is -2.25. The molecule has 1 aromatic heterocycles. The molecule has 8 heteroatoms. The van der Waals surface area contributed by atoms with E-state index < -0.39 is 10.2 Å². The summed E-state index contributed by atoms with van der Waals surface area (Å²) in [5.74, 6) is 0.483. The van der Waals surface area contributed by atoms with E-state index in [0.717, 1.165) is 19.3 Å². The zero-order valence-electron chi connectivity index (χ0n) is 10.5. The van der Waals surface area contributed by atoms with Gasteiger partial charge in [0.25, 0.3) is 10.2 Å². The number of rotatable bonds is 4. The Balaban J connectivity index is 1.98. The van der Waals surface area contributed by atoms with Crippen molar-refractivity contribution < 1.29 is 8.42 Å². The van der Waals surface area contributed by atoms with Crippen LogP contribution in [0.2, 0.25) is 0 Å². The molecule has 0 radical (unpaired) electrons. The monoisotopic (exact) mass is 273 g/mol. The van der Waals surface area contributed by atoms with Gasteiger partial charge in [0.05, 0.1) is 6.20 Å². The summed E-state index contributed by atoms with van der Waals surface area (Å²) in [7, 11) is -1.68. The fourth-order valence-electron chi connectivity index (χ4n) is 1.99. The summed E-state index contributed by atoms with van der Waals surface area (Å²) < 4.78 is 29.6. The SMILES string of the molecule is Cn1ncc(CNS(=O)(=O)N2CCCCC2)c1N. The largest absolute Gasteiger partial charge is 0.384 e. The molecule has 102 valence electrons. The van der Waals surface area contributed by atoms with Gasteiger partial charge in [-0.25, -0.2) is 0 Å². The molecule has 7 nitrogen and oxygen atoms in total. The highest BCUT2D eigenvalue weighted by Gasteiger charge is 2.23. The molecule has 0 bridgehead atoms. The summed E-state index contributed by atoms with van der Waals surface area (Å²) in [5.41, 5.74) is 6.46. The highest BCUT2D eigenvalue weighted by Crippen LogP contribution is 2.13. The topological polar surface area (TPSA) is 93.2 Å². The van der Waals surface area contributed by atoms with Crippen molar-refractivity contribution in [1.82, 2.24) is 18.8 Å². The van der Waals surface area contributed by atoms with Crippen molar-refractivity contribution in [3.8, 4) is 0 Å². The number of aromatic nitrogens is 2. The van der Waals surface area contributed by atoms with Gasteiger partial charge in [0.2, 0.25) is 0 Å². The molecule has 1 aliphatic heterocycles. The number of aryl methyl sites for hydroxylation is 1. The van der Waals surface area contributed by atoms with Crippen LogP contribution in [0.3, 0.4) is 0 Å². The van der Waals surface area contributed by atoms with Crippen molar-refractivity contribution in [1.29, 1.82) is 0 Å². The molecule has 2 rings (SSSR count). The maximum absolute atomic E-state index is 12.0. The quantitative estimate of drug-likeness (QED) is 0.796. The van der Waals surface area contributed by atoms with Gasteiger partial charge in [-0.1, -0.05) is 6.42 Å². The molecule has 1 aliphatic rings. The number of nitrogens with two attached hydrogens (primary N) is 1. The Labute approximate surface area is 107 Å². The fourth-order valence-corrected chi connectivity index (χ4v) is 3.25. The number of nitrogens with zero attached hydrogens (tertiary/aromatic N) is 3. The Morgan fingerprint density at radius 3 is 2.61 bits per heavy atom. The zero-order valence-corrected chi connectivity index (χ0v) is 11.3. The molecule has 0 amide bonds. The first kappa shape index (κ1) is 13.3. The smallest absolute Gasteiger partial charge is 0.279 e. The van der Waals surface area contributed by atoms with Gasteiger partial charge in [-0.3, -0.25) is 4.68 Å². The van der Waals surface area contributed by atoms with Crippen molar-refractivity contribution in [2.24, 2.45) is 7.05 Å². The van der Waals surface area contributed by atoms with Crippen molar-refractivity contribution >= 4 is 16.0 Å². The van der Waals surface area contributed by atoms with Crippen LogP contribution in [0.1, 0.15) is 24.8 Å². The number of nitrogen functional groups attached to an aromatic ring is 1. The lowest BCUT2D eigenvalue weighted by molar-refractivity contribution is 0.341. The maximum Gasteiger partial charge on any atom is 0.279 e. The number of anilines is 1. The molecule has 1 saturated heterocycles. The molecule has 0 spiro atoms. The van der Waals surface area contributed by atoms with Gasteiger partial charge in [0.1, 0.15) is 5.82 Å². The number of nitrogens with one attached hydrogen (secondary N) is 1. The molecular formula is C10H19N5O2S. The standard InChI is InChI=1S/C10H19N5O2S/c1-14-10(11)9(7-12-14)8-13-18(16,17)15-5-3-2-4-6-15/h7,13H,2-6,8,11H2,1H3. The lowest BCUT2D eigenvalue weighted by Crippen LogP contribution is -2.43. The Morgan fingerprint density at radius 1 is 1.39 bits per heavy atom. The second kappa shape index (κ2) is 5.25. The van der Waals surface area contributed by atoms with E-state index in [4.69, 9.17) is 5.73 Å². The average Bonchev–Trinajstić information content (AvgIpc) is 2.69. The lowest BCUT2D eigenvalue weighted by atomic mass is 10.2. The molecule has 0 saturated carbocycles. The minimum absolute atomic E-state index is 0.179. The third kappa shape index (κ3) is 2.82. The second-order valence-corrected chi connectivity index (χ2v) is 6.22. The van der Waals surface area contributed by atoms with Crippen LogP contribution in [0.5, 0.6) is 0 Å². The molecule has 2 heterocycles. The van der Waals surface area contributed by atoms with Gasteiger partial charge in [-0.05, 0) is 12.8 Å². The highest BCUT2D eigenvalue weighted by molar-refractivity contribution is 7.87. The Morgan fingerprint density at radius 2 is 2.06 bits per heavy atom. The number of piperidine rings is 1. The first-order chi connectivity index (χ1) is 8.50. The molecule has 1 fully saturated rings. The summed E-state index contributed by atoms with van der Waals surface area (Å²) in [6.07, 6.45) is 4.53. The van der Waals surface area contributed by atoms with Gasteiger partial charge in [-0.2, -0.15) is 22.5 Å². The maximum atomic E-state index is 12.0. The van der Waals surface area contributed by atoms with Crippen molar-refractivity contribution in [3.05, 3.63) is 11.8 Å². The molecule has 0 atom stereocenters. The van der Waals surface area contributed by atoms with Crippen LogP contribution < -0.4 is 10.5 Å². The van der Waals surface area contributed by atoms with Crippen LogP contribution >= 0.6 is 0 Å². The third-order valence-corrected chi connectivity index (χ3v) is 4.72. The normalized spacial score (nSPS) is 18.1. The Kier molecular flexibility index (Phi) is 3.88. The summed E-state index contributed by atoms with van der Waals surface area (Å²) in [5, 5.41) is 3.97. The van der Waals surface area contributed by atoms with Gasteiger partial charge < -0.3 is 5.73 Å². The third-order valence-electron chi connectivity index (χ3n) is 3.16. The van der Waals surface area contributed by atoms with E-state index >= 15 is 0 Å². The first-order valence-electron chi connectivity index (χ1n) is 6.02. The summed E-state index contributed by atoms with van der Waals surface area (Å²) in [4.78, 5) is 0. The number of hydrogen-bond donors (Lipinski definition) is 2. The Hall–Kier alpha value is -1.12. The van der Waals surface area contributed by atoms with Crippen LogP contribution in [0, 0.1) is 0 Å². The summed E-state index contributed by atoms with van der Waals surface area (Å²) in [6, 6.07) is 0. The minimum Gasteiger partial charge on any atom is -0.384 e.